The summed E-state index contributed by atoms with van der Waals surface area (Å²) in [6.07, 6.45) is 4.85. The Bertz CT molecular complexity index is 670. The first-order chi connectivity index (χ1) is 15.0. The molecule has 32 heavy (non-hydrogen) atoms. The fourth-order valence-corrected chi connectivity index (χ4v) is 4.37. The summed E-state index contributed by atoms with van der Waals surface area (Å²) in [5.41, 5.74) is 0.640. The largest absolute Gasteiger partial charge is 0.343 e. The minimum absolute atomic E-state index is 0.00412. The Labute approximate surface area is 195 Å². The van der Waals surface area contributed by atoms with E-state index in [-0.39, 0.29) is 41.6 Å². The second-order valence-electron chi connectivity index (χ2n) is 9.73. The second-order valence-corrected chi connectivity index (χ2v) is 9.73. The maximum Gasteiger partial charge on any atom is 0.249 e. The number of carbonyl (C=O) groups excluding carboxylic acids is 3. The van der Waals surface area contributed by atoms with Crippen molar-refractivity contribution >= 4 is 17.7 Å². The standard InChI is InChI=1S/C25H46N4O3/c1-10-29(11-2)24(31)19(7)16-21(17(3)4)28(9)25(32)22(18(5)6)26-23(30)20-14-12-13-15-27(20)8/h16-18,20-22H,10-15H2,1-9H3,(H,26,30)/t20?,21-,22+/m1/s1. The molecule has 1 rings (SSSR count). The molecule has 7 heteroatoms. The number of likely N-dealkylation sites (N-methyl/N-ethyl adjacent to an activating group) is 3. The molecule has 1 N–H and O–H groups in total. The van der Waals surface area contributed by atoms with E-state index in [0.29, 0.717) is 18.7 Å². The van der Waals surface area contributed by atoms with Gasteiger partial charge in [-0.3, -0.25) is 19.3 Å². The number of nitrogens with one attached hydrogen (secondary N) is 1. The number of carbonyl (C=O) groups is 3. The van der Waals surface area contributed by atoms with Crippen molar-refractivity contribution in [1.29, 1.82) is 0 Å². The van der Waals surface area contributed by atoms with Gasteiger partial charge in [-0.05, 0) is 59.0 Å². The number of nitrogens with zero attached hydrogens (tertiary/aromatic N) is 3. The van der Waals surface area contributed by atoms with Crippen LogP contribution >= 0.6 is 0 Å². The van der Waals surface area contributed by atoms with Crippen LogP contribution in [0.25, 0.3) is 0 Å². The predicted octanol–water partition coefficient (Wildman–Crippen LogP) is 2.91. The highest BCUT2D eigenvalue weighted by Gasteiger charge is 2.34. The average Bonchev–Trinajstić information content (AvgIpc) is 2.75. The zero-order valence-corrected chi connectivity index (χ0v) is 21.8. The Kier molecular flexibility index (Phi) is 11.4. The van der Waals surface area contributed by atoms with Gasteiger partial charge in [-0.25, -0.2) is 0 Å². The van der Waals surface area contributed by atoms with Gasteiger partial charge in [0.15, 0.2) is 0 Å². The number of likely N-dealkylation sites (tertiary alicyclic amines) is 1. The molecule has 0 radical (unpaired) electrons. The van der Waals surface area contributed by atoms with Crippen LogP contribution in [0.4, 0.5) is 0 Å². The van der Waals surface area contributed by atoms with Crippen molar-refractivity contribution in [2.75, 3.05) is 33.7 Å². The summed E-state index contributed by atoms with van der Waals surface area (Å²) >= 11 is 0. The topological polar surface area (TPSA) is 73.0 Å². The Hall–Kier alpha value is -1.89. The van der Waals surface area contributed by atoms with E-state index in [1.807, 2.05) is 61.6 Å². The van der Waals surface area contributed by atoms with E-state index < -0.39 is 6.04 Å². The molecule has 1 heterocycles. The minimum atomic E-state index is -0.601. The third-order valence-electron chi connectivity index (χ3n) is 6.59. The van der Waals surface area contributed by atoms with Gasteiger partial charge in [0.05, 0.1) is 12.1 Å². The van der Waals surface area contributed by atoms with Crippen molar-refractivity contribution < 1.29 is 14.4 Å². The average molecular weight is 451 g/mol. The Morgan fingerprint density at radius 3 is 2.12 bits per heavy atom. The Morgan fingerprint density at radius 1 is 1.06 bits per heavy atom. The summed E-state index contributed by atoms with van der Waals surface area (Å²) in [6, 6.07) is -1.02. The van der Waals surface area contributed by atoms with E-state index >= 15 is 0 Å². The number of hydrogen-bond acceptors (Lipinski definition) is 4. The first-order valence-electron chi connectivity index (χ1n) is 12.2. The molecule has 0 saturated carbocycles. The maximum atomic E-state index is 13.5. The molecule has 0 aliphatic carbocycles. The molecule has 1 aliphatic heterocycles. The molecule has 0 aromatic carbocycles. The highest BCUT2D eigenvalue weighted by atomic mass is 16.2. The molecule has 184 valence electrons. The van der Waals surface area contributed by atoms with Crippen LogP contribution in [-0.4, -0.2) is 84.3 Å². The second kappa shape index (κ2) is 13.0. The first kappa shape index (κ1) is 28.1. The van der Waals surface area contributed by atoms with Gasteiger partial charge in [0.1, 0.15) is 6.04 Å². The van der Waals surface area contributed by atoms with Crippen LogP contribution < -0.4 is 5.32 Å². The monoisotopic (exact) mass is 450 g/mol. The fourth-order valence-electron chi connectivity index (χ4n) is 4.37. The van der Waals surface area contributed by atoms with Crippen LogP contribution in [0.15, 0.2) is 11.6 Å². The number of rotatable bonds is 10. The van der Waals surface area contributed by atoms with Crippen molar-refractivity contribution in [1.82, 2.24) is 20.0 Å². The fraction of sp³-hybridized carbons (Fsp3) is 0.800. The molecule has 0 spiro atoms. The SMILES string of the molecule is CCN(CC)C(=O)C(C)=C[C@H](C(C)C)N(C)C(=O)[C@@H](NC(=O)C1CCCCN1C)C(C)C. The van der Waals surface area contributed by atoms with Crippen molar-refractivity contribution in [3.8, 4) is 0 Å². The summed E-state index contributed by atoms with van der Waals surface area (Å²) in [5.74, 6) is -0.119. The summed E-state index contributed by atoms with van der Waals surface area (Å²) in [5, 5.41) is 3.04. The third kappa shape index (κ3) is 7.32. The van der Waals surface area contributed by atoms with Gasteiger partial charge in [-0.1, -0.05) is 40.2 Å². The Balaban J connectivity index is 3.05. The molecule has 3 atom stereocenters. The molecule has 0 bridgehead atoms. The lowest BCUT2D eigenvalue weighted by atomic mass is 9.96. The molecule has 1 aliphatic rings. The summed E-state index contributed by atoms with van der Waals surface area (Å²) in [6.45, 7) is 15.9. The van der Waals surface area contributed by atoms with E-state index in [4.69, 9.17) is 0 Å². The van der Waals surface area contributed by atoms with E-state index in [1.165, 1.54) is 0 Å². The van der Waals surface area contributed by atoms with Crippen LogP contribution in [0.2, 0.25) is 0 Å². The van der Waals surface area contributed by atoms with Crippen LogP contribution in [0, 0.1) is 11.8 Å². The van der Waals surface area contributed by atoms with Gasteiger partial charge in [-0.15, -0.1) is 0 Å². The lowest BCUT2D eigenvalue weighted by Crippen LogP contribution is -2.57. The minimum Gasteiger partial charge on any atom is -0.343 e. The molecule has 1 saturated heterocycles. The van der Waals surface area contributed by atoms with E-state index in [9.17, 15) is 14.4 Å². The quantitative estimate of drug-likeness (QED) is 0.520. The van der Waals surface area contributed by atoms with Crippen molar-refractivity contribution in [2.45, 2.75) is 85.9 Å². The number of hydrogen-bond donors (Lipinski definition) is 1. The molecule has 7 nitrogen and oxygen atoms in total. The smallest absolute Gasteiger partial charge is 0.249 e. The van der Waals surface area contributed by atoms with Crippen LogP contribution in [0.3, 0.4) is 0 Å². The molecular weight excluding hydrogens is 404 g/mol. The lowest BCUT2D eigenvalue weighted by Gasteiger charge is -2.36. The molecule has 0 aromatic heterocycles. The van der Waals surface area contributed by atoms with Gasteiger partial charge in [0.2, 0.25) is 17.7 Å². The molecule has 1 fully saturated rings. The summed E-state index contributed by atoms with van der Waals surface area (Å²) in [4.78, 5) is 44.8. The zero-order chi connectivity index (χ0) is 24.6. The maximum absolute atomic E-state index is 13.5. The van der Waals surface area contributed by atoms with Gasteiger partial charge < -0.3 is 15.1 Å². The van der Waals surface area contributed by atoms with E-state index in [2.05, 4.69) is 10.2 Å². The van der Waals surface area contributed by atoms with Gasteiger partial charge in [0, 0.05) is 25.7 Å². The molecule has 3 amide bonds. The summed E-state index contributed by atoms with van der Waals surface area (Å²) in [7, 11) is 3.74. The number of amides is 3. The van der Waals surface area contributed by atoms with Gasteiger partial charge in [-0.2, -0.15) is 0 Å². The molecular formula is C25H46N4O3. The zero-order valence-electron chi connectivity index (χ0n) is 21.8. The molecule has 1 unspecified atom stereocenters. The third-order valence-corrected chi connectivity index (χ3v) is 6.59. The summed E-state index contributed by atoms with van der Waals surface area (Å²) < 4.78 is 0. The van der Waals surface area contributed by atoms with Crippen LogP contribution in [-0.2, 0) is 14.4 Å². The number of piperidine rings is 1. The van der Waals surface area contributed by atoms with Crippen LogP contribution in [0.5, 0.6) is 0 Å². The van der Waals surface area contributed by atoms with Crippen molar-refractivity contribution in [2.24, 2.45) is 11.8 Å². The Morgan fingerprint density at radius 2 is 1.66 bits per heavy atom. The van der Waals surface area contributed by atoms with Crippen molar-refractivity contribution in [3.05, 3.63) is 11.6 Å². The predicted molar refractivity (Wildman–Crippen MR) is 130 cm³/mol. The molecule has 0 aromatic rings. The van der Waals surface area contributed by atoms with E-state index in [0.717, 1.165) is 25.8 Å². The highest BCUT2D eigenvalue weighted by molar-refractivity contribution is 5.93. The highest BCUT2D eigenvalue weighted by Crippen LogP contribution is 2.19. The first-order valence-corrected chi connectivity index (χ1v) is 12.2. The van der Waals surface area contributed by atoms with E-state index in [1.54, 1.807) is 16.8 Å². The van der Waals surface area contributed by atoms with Crippen molar-refractivity contribution in [3.63, 3.8) is 0 Å². The van der Waals surface area contributed by atoms with Gasteiger partial charge >= 0.3 is 0 Å². The lowest BCUT2D eigenvalue weighted by molar-refractivity contribution is -0.139. The van der Waals surface area contributed by atoms with Gasteiger partial charge in [0.25, 0.3) is 0 Å². The normalized spacial score (nSPS) is 19.6. The van der Waals surface area contributed by atoms with Crippen LogP contribution in [0.1, 0.15) is 67.7 Å².